The minimum Gasteiger partial charge on any atom is -0.384 e. The monoisotopic (exact) mass is 312 g/mol. The lowest BCUT2D eigenvalue weighted by molar-refractivity contribution is 0.118. The van der Waals surface area contributed by atoms with Gasteiger partial charge in [0.25, 0.3) is 0 Å². The molecule has 0 spiro atoms. The Morgan fingerprint density at radius 1 is 1.33 bits per heavy atom. The first-order valence-corrected chi connectivity index (χ1v) is 8.91. The van der Waals surface area contributed by atoms with E-state index in [1.807, 2.05) is 24.3 Å². The molecule has 1 saturated heterocycles. The predicted molar refractivity (Wildman–Crippen MR) is 83.1 cm³/mol. The molecule has 118 valence electrons. The van der Waals surface area contributed by atoms with Crippen LogP contribution in [0.3, 0.4) is 0 Å². The van der Waals surface area contributed by atoms with E-state index in [-0.39, 0.29) is 5.75 Å². The minimum atomic E-state index is -3.30. The number of benzene rings is 1. The predicted octanol–water partition coefficient (Wildman–Crippen LogP) is 1.33. The quantitative estimate of drug-likeness (QED) is 0.860. The van der Waals surface area contributed by atoms with Crippen LogP contribution in [0.5, 0.6) is 0 Å². The second-order valence-electron chi connectivity index (χ2n) is 5.55. The lowest BCUT2D eigenvalue weighted by atomic mass is 10.0. The average Bonchev–Trinajstić information content (AvgIpc) is 2.48. The molecular formula is C15H24N2O3S. The summed E-state index contributed by atoms with van der Waals surface area (Å²) in [5.74, 6) is 0.323. The van der Waals surface area contributed by atoms with Gasteiger partial charge in [-0.05, 0) is 29.9 Å². The summed E-state index contributed by atoms with van der Waals surface area (Å²) in [5, 5.41) is 0. The third-order valence-corrected chi connectivity index (χ3v) is 5.75. The molecule has 0 bridgehead atoms. The van der Waals surface area contributed by atoms with Crippen LogP contribution in [-0.2, 0) is 27.1 Å². The Kier molecular flexibility index (Phi) is 5.75. The van der Waals surface area contributed by atoms with Crippen LogP contribution in [0.15, 0.2) is 24.3 Å². The van der Waals surface area contributed by atoms with Gasteiger partial charge in [0.1, 0.15) is 0 Å². The Bertz CT molecular complexity index is 558. The van der Waals surface area contributed by atoms with Gasteiger partial charge in [-0.25, -0.2) is 12.7 Å². The van der Waals surface area contributed by atoms with E-state index < -0.39 is 10.0 Å². The Morgan fingerprint density at radius 2 is 2.05 bits per heavy atom. The molecule has 1 aromatic carbocycles. The fraction of sp³-hybridized carbons (Fsp3) is 0.600. The zero-order chi connectivity index (χ0) is 15.3. The number of rotatable bonds is 6. The maximum Gasteiger partial charge on any atom is 0.218 e. The standard InChI is InChI=1S/C15H24N2O3S/c1-20-11-13-5-4-8-17(10-13)21(18,19)12-15-7-3-2-6-14(15)9-16/h2-3,6-7,13H,4-5,8-12,16H2,1H3. The fourth-order valence-electron chi connectivity index (χ4n) is 2.84. The Labute approximate surface area is 127 Å². The van der Waals surface area contributed by atoms with Crippen molar-refractivity contribution in [2.45, 2.75) is 25.1 Å². The summed E-state index contributed by atoms with van der Waals surface area (Å²) < 4.78 is 32.0. The SMILES string of the molecule is COCC1CCCN(S(=O)(=O)Cc2ccccc2CN)C1. The van der Waals surface area contributed by atoms with Crippen molar-refractivity contribution >= 4 is 10.0 Å². The van der Waals surface area contributed by atoms with Gasteiger partial charge in [-0.1, -0.05) is 24.3 Å². The molecule has 0 amide bonds. The van der Waals surface area contributed by atoms with Gasteiger partial charge in [-0.15, -0.1) is 0 Å². The van der Waals surface area contributed by atoms with Gasteiger partial charge in [0, 0.05) is 26.7 Å². The van der Waals surface area contributed by atoms with Crippen molar-refractivity contribution in [1.82, 2.24) is 4.31 Å². The van der Waals surface area contributed by atoms with Crippen LogP contribution in [-0.4, -0.2) is 39.5 Å². The first kappa shape index (κ1) is 16.4. The molecule has 0 aliphatic carbocycles. The van der Waals surface area contributed by atoms with Crippen LogP contribution in [0, 0.1) is 5.92 Å². The van der Waals surface area contributed by atoms with Crippen molar-refractivity contribution in [2.75, 3.05) is 26.8 Å². The first-order valence-electron chi connectivity index (χ1n) is 7.30. The molecule has 1 aromatic rings. The molecule has 21 heavy (non-hydrogen) atoms. The van der Waals surface area contributed by atoms with E-state index >= 15 is 0 Å². The summed E-state index contributed by atoms with van der Waals surface area (Å²) in [6.07, 6.45) is 1.92. The molecule has 5 nitrogen and oxygen atoms in total. The van der Waals surface area contributed by atoms with Gasteiger partial charge in [0.05, 0.1) is 12.4 Å². The smallest absolute Gasteiger partial charge is 0.218 e. The van der Waals surface area contributed by atoms with Gasteiger partial charge in [0.15, 0.2) is 0 Å². The van der Waals surface area contributed by atoms with Crippen molar-refractivity contribution in [3.63, 3.8) is 0 Å². The van der Waals surface area contributed by atoms with Gasteiger partial charge >= 0.3 is 0 Å². The molecular weight excluding hydrogens is 288 g/mol. The van der Waals surface area contributed by atoms with Crippen LogP contribution >= 0.6 is 0 Å². The largest absolute Gasteiger partial charge is 0.384 e. The fourth-order valence-corrected chi connectivity index (χ4v) is 4.54. The molecule has 1 unspecified atom stereocenters. The molecule has 1 aliphatic heterocycles. The van der Waals surface area contributed by atoms with E-state index in [0.29, 0.717) is 32.2 Å². The molecule has 2 rings (SSSR count). The third kappa shape index (κ3) is 4.26. The van der Waals surface area contributed by atoms with E-state index in [1.165, 1.54) is 0 Å². The van der Waals surface area contributed by atoms with Gasteiger partial charge in [0.2, 0.25) is 10.0 Å². The highest BCUT2D eigenvalue weighted by Gasteiger charge is 2.29. The molecule has 6 heteroatoms. The van der Waals surface area contributed by atoms with Crippen LogP contribution in [0.4, 0.5) is 0 Å². The molecule has 0 radical (unpaired) electrons. The van der Waals surface area contributed by atoms with Gasteiger partial charge < -0.3 is 10.5 Å². The number of ether oxygens (including phenoxy) is 1. The summed E-state index contributed by atoms with van der Waals surface area (Å²) in [5.41, 5.74) is 7.38. The lowest BCUT2D eigenvalue weighted by Gasteiger charge is -2.31. The molecule has 0 aromatic heterocycles. The van der Waals surface area contributed by atoms with E-state index in [2.05, 4.69) is 0 Å². The van der Waals surface area contributed by atoms with Crippen molar-refractivity contribution < 1.29 is 13.2 Å². The Morgan fingerprint density at radius 3 is 2.71 bits per heavy atom. The summed E-state index contributed by atoms with van der Waals surface area (Å²) in [7, 11) is -1.64. The maximum atomic E-state index is 12.6. The second-order valence-corrected chi connectivity index (χ2v) is 7.52. The molecule has 2 N–H and O–H groups in total. The number of nitrogens with zero attached hydrogens (tertiary/aromatic N) is 1. The molecule has 1 atom stereocenters. The van der Waals surface area contributed by atoms with Gasteiger partial charge in [-0.2, -0.15) is 0 Å². The minimum absolute atomic E-state index is 0.0279. The zero-order valence-electron chi connectivity index (χ0n) is 12.5. The van der Waals surface area contributed by atoms with Crippen LogP contribution in [0.2, 0.25) is 0 Å². The maximum absolute atomic E-state index is 12.6. The zero-order valence-corrected chi connectivity index (χ0v) is 13.3. The lowest BCUT2D eigenvalue weighted by Crippen LogP contribution is -2.41. The molecule has 1 fully saturated rings. The topological polar surface area (TPSA) is 72.6 Å². The molecule has 1 aliphatic rings. The number of hydrogen-bond donors (Lipinski definition) is 1. The summed E-state index contributed by atoms with van der Waals surface area (Å²) in [6, 6.07) is 7.47. The van der Waals surface area contributed by atoms with Gasteiger partial charge in [-0.3, -0.25) is 0 Å². The van der Waals surface area contributed by atoms with Crippen LogP contribution in [0.25, 0.3) is 0 Å². The third-order valence-electron chi connectivity index (χ3n) is 3.95. The van der Waals surface area contributed by atoms with E-state index in [9.17, 15) is 8.42 Å². The number of hydrogen-bond acceptors (Lipinski definition) is 4. The number of sulfonamides is 1. The van der Waals surface area contributed by atoms with E-state index in [1.54, 1.807) is 11.4 Å². The summed E-state index contributed by atoms with van der Waals surface area (Å²) >= 11 is 0. The van der Waals surface area contributed by atoms with Crippen molar-refractivity contribution in [2.24, 2.45) is 11.7 Å². The Balaban J connectivity index is 2.10. The number of nitrogens with two attached hydrogens (primary N) is 1. The molecule has 1 heterocycles. The average molecular weight is 312 g/mol. The van der Waals surface area contributed by atoms with Crippen molar-refractivity contribution in [3.05, 3.63) is 35.4 Å². The second kappa shape index (κ2) is 7.35. The van der Waals surface area contributed by atoms with Crippen molar-refractivity contribution in [3.8, 4) is 0 Å². The van der Waals surface area contributed by atoms with Crippen molar-refractivity contribution in [1.29, 1.82) is 0 Å². The number of methoxy groups -OCH3 is 1. The molecule has 0 saturated carbocycles. The Hall–Kier alpha value is -0.950. The summed E-state index contributed by atoms with van der Waals surface area (Å²) in [6.45, 7) is 2.14. The normalized spacial score (nSPS) is 20.6. The summed E-state index contributed by atoms with van der Waals surface area (Å²) in [4.78, 5) is 0. The highest BCUT2D eigenvalue weighted by molar-refractivity contribution is 7.88. The van der Waals surface area contributed by atoms with Crippen LogP contribution in [0.1, 0.15) is 24.0 Å². The van der Waals surface area contributed by atoms with E-state index in [0.717, 1.165) is 24.0 Å². The van der Waals surface area contributed by atoms with E-state index in [4.69, 9.17) is 10.5 Å². The first-order chi connectivity index (χ1) is 10.1. The highest BCUT2D eigenvalue weighted by atomic mass is 32.2. The highest BCUT2D eigenvalue weighted by Crippen LogP contribution is 2.22. The number of piperidine rings is 1. The van der Waals surface area contributed by atoms with Crippen LogP contribution < -0.4 is 5.73 Å².